The molecule has 3 N–H and O–H groups in total. The van der Waals surface area contributed by atoms with E-state index in [1.165, 1.54) is 9.80 Å². The molecule has 0 radical (unpaired) electrons. The Kier molecular flexibility index (Phi) is 9.44. The number of aryl methyl sites for hydroxylation is 1. The normalized spacial score (nSPS) is 30.5. The van der Waals surface area contributed by atoms with Crippen LogP contribution in [0.2, 0.25) is 0 Å². The molecule has 9 rings (SSSR count). The van der Waals surface area contributed by atoms with Crippen LogP contribution in [-0.2, 0) is 30.8 Å². The van der Waals surface area contributed by atoms with Gasteiger partial charge in [-0.2, -0.15) is 0 Å². The molecule has 1 aromatic heterocycles. The fourth-order valence-corrected chi connectivity index (χ4v) is 10.9. The van der Waals surface area contributed by atoms with E-state index in [4.69, 9.17) is 19.2 Å². The maximum atomic E-state index is 15.2. The van der Waals surface area contributed by atoms with Crippen LogP contribution in [0.5, 0.6) is 17.2 Å². The first kappa shape index (κ1) is 39.8. The van der Waals surface area contributed by atoms with Crippen LogP contribution in [0.1, 0.15) is 122 Å². The second kappa shape index (κ2) is 14.0. The number of amides is 4. The molecule has 59 heavy (non-hydrogen) atoms. The van der Waals surface area contributed by atoms with Crippen molar-refractivity contribution in [2.75, 3.05) is 19.9 Å². The molecule has 16 heteroatoms. The third-order valence-corrected chi connectivity index (χ3v) is 15.7. The minimum Gasteiger partial charge on any atom is -0.483 e. The summed E-state index contributed by atoms with van der Waals surface area (Å²) in [6.07, 6.45) is 9.68. The van der Waals surface area contributed by atoms with Crippen LogP contribution in [0.4, 0.5) is 4.79 Å². The summed E-state index contributed by atoms with van der Waals surface area (Å²) in [5, 5.41) is 14.4. The standard InChI is InChI=1S/C43H55N5O10S/c1-40(2,3)22-48(39(52)53)29-11-9-7-5-6-8-10-26-20-43(26,38(51)46-59(54,55)41(4)18-19-41)45-36(49)30-21-42(23-47(30)37(29)50)17-16-27-32-28(14-15-31-35(32)57-24-56-31)44-33(25-12-13-25)34(27)58-42/h8,10,14-15,25-26,29-30H,5-7,9,11-13,16-24H2,1-4H3,(H,45,49)(H,46,51)(H,52,53)/b10-8-/t26-,29+,30+,42-,43-/m1/s1. The number of hydrogen-bond donors (Lipinski definition) is 3. The van der Waals surface area contributed by atoms with Gasteiger partial charge < -0.3 is 29.5 Å². The number of sulfonamides is 1. The van der Waals surface area contributed by atoms with E-state index in [-0.39, 0.29) is 45.1 Å². The van der Waals surface area contributed by atoms with Crippen molar-refractivity contribution in [3.8, 4) is 17.2 Å². The van der Waals surface area contributed by atoms with Crippen molar-refractivity contribution in [3.05, 3.63) is 35.5 Å². The molecular weight excluding hydrogens is 779 g/mol. The van der Waals surface area contributed by atoms with Crippen LogP contribution in [-0.4, -0.2) is 100.0 Å². The number of rotatable bonds is 6. The Balaban J connectivity index is 1.11. The minimum absolute atomic E-state index is 0.00670. The zero-order valence-corrected chi connectivity index (χ0v) is 35.1. The van der Waals surface area contributed by atoms with Gasteiger partial charge in [-0.15, -0.1) is 0 Å². The molecule has 1 saturated heterocycles. The number of nitrogens with zero attached hydrogens (tertiary/aromatic N) is 3. The molecule has 5 atom stereocenters. The van der Waals surface area contributed by atoms with Gasteiger partial charge in [0, 0.05) is 30.4 Å². The zero-order valence-electron chi connectivity index (χ0n) is 34.3. The fourth-order valence-electron chi connectivity index (χ4n) is 9.60. The van der Waals surface area contributed by atoms with Gasteiger partial charge in [-0.05, 0) is 88.7 Å². The van der Waals surface area contributed by atoms with E-state index in [0.29, 0.717) is 55.8 Å². The van der Waals surface area contributed by atoms with Crippen LogP contribution in [0.25, 0.3) is 10.9 Å². The van der Waals surface area contributed by atoms with Crippen LogP contribution in [0.3, 0.4) is 0 Å². The number of ether oxygens (including phenoxy) is 3. The van der Waals surface area contributed by atoms with E-state index in [1.807, 2.05) is 45.1 Å². The molecule has 1 aromatic carbocycles. The second-order valence-corrected chi connectivity index (χ2v) is 21.6. The second-order valence-electron chi connectivity index (χ2n) is 19.5. The number of allylic oxidation sites excluding steroid dienone is 1. The van der Waals surface area contributed by atoms with Crippen molar-refractivity contribution >= 4 is 44.7 Å². The van der Waals surface area contributed by atoms with E-state index >= 15 is 4.79 Å². The Hall–Kier alpha value is -4.60. The molecule has 0 unspecified atom stereocenters. The van der Waals surface area contributed by atoms with E-state index in [0.717, 1.165) is 47.8 Å². The maximum absolute atomic E-state index is 15.2. The summed E-state index contributed by atoms with van der Waals surface area (Å²) in [6, 6.07) is 1.58. The third kappa shape index (κ3) is 7.16. The van der Waals surface area contributed by atoms with Crippen molar-refractivity contribution in [1.82, 2.24) is 24.8 Å². The average Bonchev–Trinajstić information content (AvgIpc) is 4.14. The number of aromatic nitrogens is 1. The Bertz CT molecular complexity index is 2270. The summed E-state index contributed by atoms with van der Waals surface area (Å²) in [6.45, 7) is 7.55. The van der Waals surface area contributed by atoms with Crippen LogP contribution < -0.4 is 24.2 Å². The van der Waals surface area contributed by atoms with Gasteiger partial charge in [-0.3, -0.25) is 24.0 Å². The first-order valence-corrected chi connectivity index (χ1v) is 22.7. The average molecular weight is 834 g/mol. The lowest BCUT2D eigenvalue weighted by molar-refractivity contribution is -0.143. The molecule has 2 aromatic rings. The van der Waals surface area contributed by atoms with Gasteiger partial charge in [0.2, 0.25) is 28.6 Å². The molecule has 15 nitrogen and oxygen atoms in total. The molecule has 3 saturated carbocycles. The molecule has 0 bridgehead atoms. The quantitative estimate of drug-likeness (QED) is 0.320. The summed E-state index contributed by atoms with van der Waals surface area (Å²) in [5.41, 5.74) is -0.497. The number of nitrogens with one attached hydrogen (secondary N) is 2. The monoisotopic (exact) mass is 833 g/mol. The molecule has 4 fully saturated rings. The smallest absolute Gasteiger partial charge is 0.407 e. The van der Waals surface area contributed by atoms with Gasteiger partial charge in [0.25, 0.3) is 5.91 Å². The third-order valence-electron chi connectivity index (χ3n) is 13.5. The number of fused-ring (bicyclic) bond motifs is 7. The molecule has 3 aliphatic carbocycles. The van der Waals surface area contributed by atoms with Gasteiger partial charge in [0.05, 0.1) is 27.9 Å². The van der Waals surface area contributed by atoms with Crippen molar-refractivity contribution < 1.29 is 46.9 Å². The van der Waals surface area contributed by atoms with Crippen LogP contribution in [0, 0.1) is 11.3 Å². The number of carboxylic acid groups (broad SMARTS) is 1. The van der Waals surface area contributed by atoms with Crippen molar-refractivity contribution in [1.29, 1.82) is 0 Å². The van der Waals surface area contributed by atoms with Gasteiger partial charge in [-0.25, -0.2) is 18.2 Å². The SMILES string of the molecule is CC(C)(C)CN(C(=O)O)[C@H]1CCCCC/C=C\[C@@H]2C[C@@]2(C(=O)NS(=O)(=O)C2(C)CC2)NC(=O)[C@@H]2C[C@]3(CCc4c(c(C5CC5)nc5ccc6c(c45)OCO6)O3)CN2C1=O. The summed E-state index contributed by atoms with van der Waals surface area (Å²) in [5.74, 6) is -0.277. The summed E-state index contributed by atoms with van der Waals surface area (Å²) >= 11 is 0. The predicted molar refractivity (Wildman–Crippen MR) is 216 cm³/mol. The Morgan fingerprint density at radius 2 is 1.83 bits per heavy atom. The molecule has 5 heterocycles. The number of carbonyl (C=O) groups is 4. The Labute approximate surface area is 344 Å². The van der Waals surface area contributed by atoms with E-state index < -0.39 is 73.1 Å². The topological polar surface area (TPSA) is 194 Å². The Morgan fingerprint density at radius 1 is 1.05 bits per heavy atom. The highest BCUT2D eigenvalue weighted by Crippen LogP contribution is 2.54. The first-order valence-electron chi connectivity index (χ1n) is 21.2. The van der Waals surface area contributed by atoms with Gasteiger partial charge >= 0.3 is 6.09 Å². The molecule has 318 valence electrons. The predicted octanol–water partition coefficient (Wildman–Crippen LogP) is 5.29. The fraction of sp³-hybridized carbons (Fsp3) is 0.651. The highest BCUT2D eigenvalue weighted by molar-refractivity contribution is 7.91. The van der Waals surface area contributed by atoms with Crippen molar-refractivity contribution in [3.63, 3.8) is 0 Å². The van der Waals surface area contributed by atoms with Gasteiger partial charge in [-0.1, -0.05) is 45.8 Å². The molecular formula is C43H55N5O10S. The summed E-state index contributed by atoms with van der Waals surface area (Å²) in [4.78, 5) is 65.0. The number of benzene rings is 1. The zero-order chi connectivity index (χ0) is 41.7. The first-order chi connectivity index (χ1) is 27.9. The largest absolute Gasteiger partial charge is 0.483 e. The van der Waals surface area contributed by atoms with Gasteiger partial charge in [0.1, 0.15) is 29.0 Å². The molecule has 4 aliphatic heterocycles. The molecule has 7 aliphatic rings. The van der Waals surface area contributed by atoms with Crippen molar-refractivity contribution in [2.45, 2.75) is 145 Å². The van der Waals surface area contributed by atoms with Crippen molar-refractivity contribution in [2.24, 2.45) is 11.3 Å². The highest BCUT2D eigenvalue weighted by Gasteiger charge is 2.64. The number of carbonyl (C=O) groups excluding carboxylic acids is 3. The van der Waals surface area contributed by atoms with Gasteiger partial charge in [0.15, 0.2) is 11.5 Å². The summed E-state index contributed by atoms with van der Waals surface area (Å²) in [7, 11) is -4.02. The number of pyridine rings is 1. The van der Waals surface area contributed by atoms with Crippen LogP contribution >= 0.6 is 0 Å². The summed E-state index contributed by atoms with van der Waals surface area (Å²) < 4.78 is 46.7. The lowest BCUT2D eigenvalue weighted by atomic mass is 9.86. The Morgan fingerprint density at radius 3 is 2.54 bits per heavy atom. The molecule has 4 amide bonds. The van der Waals surface area contributed by atoms with E-state index in [2.05, 4.69) is 10.0 Å². The maximum Gasteiger partial charge on any atom is 0.407 e. The van der Waals surface area contributed by atoms with E-state index in [1.54, 1.807) is 6.92 Å². The number of hydrogen-bond acceptors (Lipinski definition) is 10. The van der Waals surface area contributed by atoms with Crippen LogP contribution in [0.15, 0.2) is 24.3 Å². The minimum atomic E-state index is -4.02. The lowest BCUT2D eigenvalue weighted by Gasteiger charge is -2.38. The lowest BCUT2D eigenvalue weighted by Crippen LogP contribution is -2.59. The van der Waals surface area contributed by atoms with E-state index in [9.17, 15) is 27.9 Å². The highest BCUT2D eigenvalue weighted by atomic mass is 32.2. The molecule has 1 spiro atoms.